The standard InChI is InChI=1S/C43H38N2.C36H36N2.2CH3.2Hf/c1-4-15-31-20-12-21-32(16-5-2)42(31)44-43(39-29-33-18-7-9-23-35(33)36-24-10-11-25-37(36)39)41-28-14-27-40(45(41)3)38-26-13-19-30-17-6-8-22-34(30)38;1-5-14-28-19-11-20-29(15-6-2)35(28)37-36(30-21-9-7-16-26(30)3)34-25-13-24-33(38(34)4)32-23-12-18-27-17-8-10-22-31(27)32;;;;/h6-14,17-25,27-29,43H,3-5,15-16H2,1-2H3;7-13,16-22,24-25,36H,4-6,14-15H2,1-3H3;2*1H3;;/q2*-2;2*-1;;. The van der Waals surface area contributed by atoms with Crippen LogP contribution < -0.4 is 0 Å². The summed E-state index contributed by atoms with van der Waals surface area (Å²) in [5.41, 5.74) is 15.3. The second-order valence-electron chi connectivity index (χ2n) is 21.9. The van der Waals surface area contributed by atoms with Crippen molar-refractivity contribution in [3.05, 3.63) is 324 Å². The van der Waals surface area contributed by atoms with E-state index in [-0.39, 0.29) is 78.6 Å². The molecular weight excluding hydrogens is 1390 g/mol. The minimum absolute atomic E-state index is 0. The third-order valence-electron chi connectivity index (χ3n) is 16.3. The zero-order chi connectivity index (χ0) is 57.2. The Hall–Kier alpha value is -7.38. The van der Waals surface area contributed by atoms with Gasteiger partial charge in [-0.15, -0.1) is 70.7 Å². The molecule has 0 saturated heterocycles. The summed E-state index contributed by atoms with van der Waals surface area (Å²) in [4.78, 5) is 0. The Bertz CT molecular complexity index is 4090. The number of allylic oxidation sites excluding steroid dienone is 4. The summed E-state index contributed by atoms with van der Waals surface area (Å²) in [6, 6.07) is 75.7. The van der Waals surface area contributed by atoms with Crippen molar-refractivity contribution in [1.82, 2.24) is 0 Å². The van der Waals surface area contributed by atoms with Crippen LogP contribution in [0.15, 0.2) is 225 Å². The Morgan fingerprint density at radius 2 is 0.805 bits per heavy atom. The van der Waals surface area contributed by atoms with Crippen LogP contribution in [0.25, 0.3) is 65.1 Å². The fourth-order valence-electron chi connectivity index (χ4n) is 12.3. The van der Waals surface area contributed by atoms with E-state index < -0.39 is 0 Å². The minimum Gasteiger partial charge on any atom is -0.677 e. The molecule has 0 amide bonds. The van der Waals surface area contributed by atoms with Gasteiger partial charge in [0.1, 0.15) is 11.4 Å². The van der Waals surface area contributed by atoms with Gasteiger partial charge in [0.25, 0.3) is 0 Å². The number of nitrogens with zero attached hydrogens (tertiary/aromatic N) is 4. The van der Waals surface area contributed by atoms with Gasteiger partial charge in [-0.05, 0) is 71.8 Å². The molecule has 0 spiro atoms. The van der Waals surface area contributed by atoms with E-state index in [9.17, 15) is 0 Å². The molecule has 0 aliphatic carbocycles. The second kappa shape index (κ2) is 31.5. The molecular formula is C81H80Hf2N4-6. The van der Waals surface area contributed by atoms with E-state index in [1.165, 1.54) is 76.6 Å². The summed E-state index contributed by atoms with van der Waals surface area (Å²) in [6.07, 6.45) is 21.3. The normalized spacial score (nSPS) is 13.3. The summed E-state index contributed by atoms with van der Waals surface area (Å²) >= 11 is 0. The molecule has 12 rings (SSSR count). The van der Waals surface area contributed by atoms with Crippen molar-refractivity contribution in [2.24, 2.45) is 0 Å². The molecule has 0 saturated carbocycles. The molecule has 10 aromatic rings. The van der Waals surface area contributed by atoms with Crippen molar-refractivity contribution in [2.75, 3.05) is 0 Å². The molecule has 2 heterocycles. The Kier molecular flexibility index (Phi) is 24.3. The molecule has 438 valence electrons. The summed E-state index contributed by atoms with van der Waals surface area (Å²) in [6.45, 7) is 20.4. The molecule has 2 aliphatic rings. The number of benzene rings is 10. The Balaban J connectivity index is 0.000000241. The third-order valence-corrected chi connectivity index (χ3v) is 16.3. The first-order chi connectivity index (χ1) is 40.8. The topological polar surface area (TPSA) is 34.2 Å². The average Bonchev–Trinajstić information content (AvgIpc) is 2.37. The number of para-hydroxylation sites is 2. The van der Waals surface area contributed by atoms with Gasteiger partial charge in [-0.2, -0.15) is 0 Å². The van der Waals surface area contributed by atoms with Gasteiger partial charge in [0.15, 0.2) is 0 Å². The fourth-order valence-corrected chi connectivity index (χ4v) is 12.3. The quantitative estimate of drug-likeness (QED) is 0.0355. The summed E-state index contributed by atoms with van der Waals surface area (Å²) in [5.74, 6) is 0. The van der Waals surface area contributed by atoms with Gasteiger partial charge >= 0.3 is 0 Å². The molecule has 2 unspecified atom stereocenters. The van der Waals surface area contributed by atoms with E-state index in [1.807, 2.05) is 12.1 Å². The summed E-state index contributed by atoms with van der Waals surface area (Å²) < 4.78 is 4.17. The predicted molar refractivity (Wildman–Crippen MR) is 367 cm³/mol. The molecule has 10 aromatic carbocycles. The van der Waals surface area contributed by atoms with Crippen LogP contribution in [0.3, 0.4) is 0 Å². The van der Waals surface area contributed by atoms with Crippen LogP contribution in [-0.4, -0.2) is 22.6 Å². The predicted octanol–water partition coefficient (Wildman–Crippen LogP) is 21.8. The van der Waals surface area contributed by atoms with Crippen LogP contribution in [0.1, 0.15) is 116 Å². The maximum absolute atomic E-state index is 5.78. The number of fused-ring (bicyclic) bond motifs is 5. The van der Waals surface area contributed by atoms with Crippen LogP contribution >= 0.6 is 0 Å². The van der Waals surface area contributed by atoms with Crippen LogP contribution in [0.4, 0.5) is 11.4 Å². The molecule has 0 fully saturated rings. The van der Waals surface area contributed by atoms with E-state index in [0.29, 0.717) is 0 Å². The number of hydrogen-bond acceptors (Lipinski definition) is 0. The van der Waals surface area contributed by atoms with Crippen molar-refractivity contribution in [3.63, 3.8) is 0 Å². The zero-order valence-corrected chi connectivity index (χ0v) is 59.1. The first kappa shape index (κ1) is 67.1. The van der Waals surface area contributed by atoms with E-state index in [1.54, 1.807) is 0 Å². The molecule has 4 nitrogen and oxygen atoms in total. The molecule has 2 atom stereocenters. The van der Waals surface area contributed by atoms with Crippen LogP contribution in [0.5, 0.6) is 0 Å². The van der Waals surface area contributed by atoms with E-state index in [0.717, 1.165) is 103 Å². The van der Waals surface area contributed by atoms with Crippen LogP contribution in [0, 0.1) is 46.0 Å². The van der Waals surface area contributed by atoms with Gasteiger partial charge in [0.2, 0.25) is 0 Å². The van der Waals surface area contributed by atoms with Gasteiger partial charge in [0, 0.05) is 51.7 Å². The first-order valence-electron chi connectivity index (χ1n) is 29.9. The molecule has 0 aromatic heterocycles. The van der Waals surface area contributed by atoms with E-state index in [4.69, 9.17) is 10.6 Å². The van der Waals surface area contributed by atoms with E-state index >= 15 is 0 Å². The number of rotatable bonds is 18. The van der Waals surface area contributed by atoms with Crippen LogP contribution in [-0.2, 0) is 77.4 Å². The van der Waals surface area contributed by atoms with E-state index in [2.05, 4.69) is 282 Å². The van der Waals surface area contributed by atoms with Gasteiger partial charge in [-0.1, -0.05) is 297 Å². The molecule has 0 N–H and O–H groups in total. The number of hydrogen-bond donors (Lipinski definition) is 0. The third kappa shape index (κ3) is 14.3. The molecule has 0 bridgehead atoms. The van der Waals surface area contributed by atoms with Gasteiger partial charge in [-0.25, -0.2) is 0 Å². The molecule has 6 heteroatoms. The zero-order valence-electron chi connectivity index (χ0n) is 51.9. The van der Waals surface area contributed by atoms with Crippen molar-refractivity contribution in [1.29, 1.82) is 0 Å². The van der Waals surface area contributed by atoms with Gasteiger partial charge in [0.05, 0.1) is 25.5 Å². The minimum atomic E-state index is -0.277. The molecule has 0 radical (unpaired) electrons. The molecule has 87 heavy (non-hydrogen) atoms. The smallest absolute Gasteiger partial charge is 0.112 e. The molecule has 2 aliphatic heterocycles. The number of aryl methyl sites for hydroxylation is 5. The summed E-state index contributed by atoms with van der Waals surface area (Å²) in [5, 5.41) is 21.0. The Morgan fingerprint density at radius 3 is 1.25 bits per heavy atom. The SMILES string of the molecule is C=[N+]1C(c2[c-]ccc3ccccc23)=CC=C[C-]1C([N-]c1c(CCC)cccc1CCC)c1cc2ccccc2c2ccccc12.C=[N+]1C(c2[c-]ccc3ccccc23)=CC=C[C-]1C([N-]c1c(CCC)cccc1CCC)c1ccccc1C.[CH3-].[CH3-].[Hf].[Hf]. The Labute approximate surface area is 557 Å². The van der Waals surface area contributed by atoms with Gasteiger partial charge in [-0.3, -0.25) is 9.15 Å². The average molecular weight is 1470 g/mol. The summed E-state index contributed by atoms with van der Waals surface area (Å²) in [7, 11) is 0. The maximum Gasteiger partial charge on any atom is 0.112 e. The monoisotopic (exact) mass is 1470 g/mol. The van der Waals surface area contributed by atoms with Gasteiger partial charge < -0.3 is 25.5 Å². The van der Waals surface area contributed by atoms with Crippen molar-refractivity contribution in [3.8, 4) is 0 Å². The first-order valence-corrected chi connectivity index (χ1v) is 29.9. The van der Waals surface area contributed by atoms with Crippen molar-refractivity contribution >= 4 is 79.3 Å². The van der Waals surface area contributed by atoms with Crippen LogP contribution in [0.2, 0.25) is 0 Å². The van der Waals surface area contributed by atoms with Crippen molar-refractivity contribution < 1.29 is 60.8 Å². The second-order valence-corrected chi connectivity index (χ2v) is 21.9. The Morgan fingerprint density at radius 1 is 0.425 bits per heavy atom. The maximum atomic E-state index is 5.78. The largest absolute Gasteiger partial charge is 0.677 e. The fraction of sp³-hybridized carbons (Fsp3) is 0.185. The van der Waals surface area contributed by atoms with Crippen molar-refractivity contribution in [2.45, 2.75) is 98.1 Å².